The van der Waals surface area contributed by atoms with Gasteiger partial charge in [-0.3, -0.25) is 19.8 Å². The van der Waals surface area contributed by atoms with E-state index in [0.717, 1.165) is 12.1 Å². The molecule has 0 aromatic heterocycles. The Morgan fingerprint density at radius 1 is 1.55 bits per heavy atom. The Kier molecular flexibility index (Phi) is 3.99. The third-order valence-corrected chi connectivity index (χ3v) is 3.62. The van der Waals surface area contributed by atoms with Crippen LogP contribution in [-0.2, 0) is 11.3 Å². The fourth-order valence-electron chi connectivity index (χ4n) is 2.57. The molecule has 1 aliphatic rings. The van der Waals surface area contributed by atoms with Gasteiger partial charge in [-0.2, -0.15) is 4.39 Å². The van der Waals surface area contributed by atoms with Crippen molar-refractivity contribution in [1.82, 2.24) is 4.90 Å². The molecular weight excluding hydrogens is 267 g/mol. The van der Waals surface area contributed by atoms with Gasteiger partial charge in [0.15, 0.2) is 0 Å². The summed E-state index contributed by atoms with van der Waals surface area (Å²) in [5, 5.41) is 19.6. The van der Waals surface area contributed by atoms with Crippen molar-refractivity contribution in [2.75, 3.05) is 13.1 Å². The van der Waals surface area contributed by atoms with E-state index >= 15 is 0 Å². The zero-order valence-electron chi connectivity index (χ0n) is 11.0. The van der Waals surface area contributed by atoms with Crippen molar-refractivity contribution < 1.29 is 19.2 Å². The topological polar surface area (TPSA) is 83.7 Å². The largest absolute Gasteiger partial charge is 0.481 e. The van der Waals surface area contributed by atoms with Gasteiger partial charge in [0.25, 0.3) is 0 Å². The SMILES string of the molecule is C[C@@H]1CN(Cc2ccc([N+](=O)[O-])c(F)c2)C[C@H]1C(=O)O. The van der Waals surface area contributed by atoms with Crippen LogP contribution in [0.4, 0.5) is 10.1 Å². The highest BCUT2D eigenvalue weighted by Gasteiger charge is 2.34. The molecular formula is C13H15FN2O4. The Hall–Kier alpha value is -2.02. The average Bonchev–Trinajstić information content (AvgIpc) is 2.70. The first-order chi connectivity index (χ1) is 9.38. The molecule has 1 saturated heterocycles. The minimum absolute atomic E-state index is 0.0374. The van der Waals surface area contributed by atoms with E-state index in [1.807, 2.05) is 11.8 Å². The van der Waals surface area contributed by atoms with Crippen LogP contribution in [-0.4, -0.2) is 34.0 Å². The number of hydrogen-bond acceptors (Lipinski definition) is 4. The van der Waals surface area contributed by atoms with Crippen molar-refractivity contribution in [3.63, 3.8) is 0 Å². The summed E-state index contributed by atoms with van der Waals surface area (Å²) in [6.07, 6.45) is 0. The van der Waals surface area contributed by atoms with Crippen LogP contribution in [0.2, 0.25) is 0 Å². The maximum absolute atomic E-state index is 13.5. The van der Waals surface area contributed by atoms with E-state index in [4.69, 9.17) is 5.11 Å². The number of hydrogen-bond donors (Lipinski definition) is 1. The summed E-state index contributed by atoms with van der Waals surface area (Å²) in [6.45, 7) is 3.29. The quantitative estimate of drug-likeness (QED) is 0.673. The normalized spacial score (nSPS) is 22.9. The fraction of sp³-hybridized carbons (Fsp3) is 0.462. The highest BCUT2D eigenvalue weighted by molar-refractivity contribution is 5.71. The van der Waals surface area contributed by atoms with E-state index in [9.17, 15) is 19.3 Å². The number of rotatable bonds is 4. The summed E-state index contributed by atoms with van der Waals surface area (Å²) in [6, 6.07) is 3.77. The summed E-state index contributed by atoms with van der Waals surface area (Å²) >= 11 is 0. The van der Waals surface area contributed by atoms with Gasteiger partial charge in [-0.25, -0.2) is 0 Å². The highest BCUT2D eigenvalue weighted by atomic mass is 19.1. The van der Waals surface area contributed by atoms with Gasteiger partial charge in [0.1, 0.15) is 0 Å². The van der Waals surface area contributed by atoms with Crippen LogP contribution >= 0.6 is 0 Å². The van der Waals surface area contributed by atoms with Crippen LogP contribution in [0.15, 0.2) is 18.2 Å². The number of likely N-dealkylation sites (tertiary alicyclic amines) is 1. The predicted octanol–water partition coefficient (Wildman–Crippen LogP) is 1.89. The van der Waals surface area contributed by atoms with Gasteiger partial charge >= 0.3 is 11.7 Å². The van der Waals surface area contributed by atoms with E-state index in [-0.39, 0.29) is 5.92 Å². The van der Waals surface area contributed by atoms with Gasteiger partial charge < -0.3 is 5.11 Å². The minimum atomic E-state index is -0.866. The molecule has 7 heteroatoms. The molecule has 1 aromatic carbocycles. The number of aliphatic carboxylic acids is 1. The molecule has 2 rings (SSSR count). The van der Waals surface area contributed by atoms with Gasteiger partial charge in [-0.05, 0) is 17.5 Å². The van der Waals surface area contributed by atoms with Crippen LogP contribution in [0.3, 0.4) is 0 Å². The molecule has 1 heterocycles. The molecule has 1 aromatic rings. The van der Waals surface area contributed by atoms with Crippen LogP contribution in [0.5, 0.6) is 0 Å². The summed E-state index contributed by atoms with van der Waals surface area (Å²) in [7, 11) is 0. The molecule has 1 fully saturated rings. The summed E-state index contributed by atoms with van der Waals surface area (Å²) in [5.41, 5.74) is 0.0540. The Morgan fingerprint density at radius 3 is 2.75 bits per heavy atom. The predicted molar refractivity (Wildman–Crippen MR) is 68.6 cm³/mol. The first-order valence-electron chi connectivity index (χ1n) is 6.26. The van der Waals surface area contributed by atoms with E-state index < -0.39 is 28.3 Å². The number of nitro benzene ring substituents is 1. The lowest BCUT2D eigenvalue weighted by atomic mass is 9.99. The molecule has 0 bridgehead atoms. The second-order valence-electron chi connectivity index (χ2n) is 5.16. The molecule has 0 spiro atoms. The number of carbonyl (C=O) groups is 1. The van der Waals surface area contributed by atoms with Crippen molar-refractivity contribution in [3.8, 4) is 0 Å². The molecule has 0 unspecified atom stereocenters. The molecule has 6 nitrogen and oxygen atoms in total. The van der Waals surface area contributed by atoms with Crippen molar-refractivity contribution in [1.29, 1.82) is 0 Å². The van der Waals surface area contributed by atoms with Crippen LogP contribution in [0.1, 0.15) is 12.5 Å². The molecule has 0 amide bonds. The third-order valence-electron chi connectivity index (χ3n) is 3.62. The number of nitrogens with zero attached hydrogens (tertiary/aromatic N) is 2. The van der Waals surface area contributed by atoms with Crippen molar-refractivity contribution in [3.05, 3.63) is 39.7 Å². The lowest BCUT2D eigenvalue weighted by Crippen LogP contribution is -2.23. The second kappa shape index (κ2) is 5.54. The van der Waals surface area contributed by atoms with Gasteiger partial charge in [-0.15, -0.1) is 0 Å². The third kappa shape index (κ3) is 2.93. The Bertz CT molecular complexity index is 549. The first-order valence-corrected chi connectivity index (χ1v) is 6.26. The van der Waals surface area contributed by atoms with Gasteiger partial charge in [-0.1, -0.05) is 13.0 Å². The Balaban J connectivity index is 2.06. The number of carboxylic acid groups (broad SMARTS) is 1. The molecule has 108 valence electrons. The van der Waals surface area contributed by atoms with Gasteiger partial charge in [0.2, 0.25) is 5.82 Å². The summed E-state index contributed by atoms with van der Waals surface area (Å²) in [5.74, 6) is -2.07. The number of halogens is 1. The molecule has 0 saturated carbocycles. The average molecular weight is 282 g/mol. The minimum Gasteiger partial charge on any atom is -0.481 e. The highest BCUT2D eigenvalue weighted by Crippen LogP contribution is 2.26. The maximum atomic E-state index is 13.5. The molecule has 20 heavy (non-hydrogen) atoms. The fourth-order valence-corrected chi connectivity index (χ4v) is 2.57. The van der Waals surface area contributed by atoms with Crippen molar-refractivity contribution in [2.24, 2.45) is 11.8 Å². The second-order valence-corrected chi connectivity index (χ2v) is 5.16. The standard InChI is InChI=1S/C13H15FN2O4/c1-8-5-15(7-10(8)13(17)18)6-9-2-3-12(16(19)20)11(14)4-9/h2-4,8,10H,5-7H2,1H3,(H,17,18)/t8-,10-/m1/s1. The maximum Gasteiger partial charge on any atom is 0.308 e. The monoisotopic (exact) mass is 282 g/mol. The molecule has 1 N–H and O–H groups in total. The van der Waals surface area contributed by atoms with Crippen LogP contribution < -0.4 is 0 Å². The number of carboxylic acids is 1. The van der Waals surface area contributed by atoms with E-state index in [1.165, 1.54) is 6.07 Å². The lowest BCUT2D eigenvalue weighted by molar-refractivity contribution is -0.387. The summed E-state index contributed by atoms with van der Waals surface area (Å²) in [4.78, 5) is 22.7. The molecule has 2 atom stereocenters. The Morgan fingerprint density at radius 2 is 2.25 bits per heavy atom. The van der Waals surface area contributed by atoms with Crippen LogP contribution in [0.25, 0.3) is 0 Å². The molecule has 1 aliphatic heterocycles. The smallest absolute Gasteiger partial charge is 0.308 e. The first kappa shape index (κ1) is 14.4. The molecule has 0 radical (unpaired) electrons. The van der Waals surface area contributed by atoms with Gasteiger partial charge in [0.05, 0.1) is 10.8 Å². The number of benzene rings is 1. The van der Waals surface area contributed by atoms with Crippen molar-refractivity contribution >= 4 is 11.7 Å². The van der Waals surface area contributed by atoms with Crippen molar-refractivity contribution in [2.45, 2.75) is 13.5 Å². The van der Waals surface area contributed by atoms with Gasteiger partial charge in [0, 0.05) is 25.7 Å². The zero-order chi connectivity index (χ0) is 14.9. The van der Waals surface area contributed by atoms with E-state index in [2.05, 4.69) is 0 Å². The van der Waals surface area contributed by atoms with E-state index in [0.29, 0.717) is 25.2 Å². The zero-order valence-corrected chi connectivity index (χ0v) is 11.0. The summed E-state index contributed by atoms with van der Waals surface area (Å²) < 4.78 is 13.5. The Labute approximate surface area is 115 Å². The lowest BCUT2D eigenvalue weighted by Gasteiger charge is -2.15. The van der Waals surface area contributed by atoms with E-state index in [1.54, 1.807) is 0 Å². The molecule has 0 aliphatic carbocycles. The van der Waals surface area contributed by atoms with Crippen LogP contribution in [0, 0.1) is 27.8 Å². The number of nitro groups is 1.